The molecule has 196 valence electrons. The molecule has 1 aliphatic rings. The van der Waals surface area contributed by atoms with Gasteiger partial charge >= 0.3 is 6.09 Å². The maximum atomic E-state index is 13.6. The Morgan fingerprint density at radius 3 is 2.35 bits per heavy atom. The lowest BCUT2D eigenvalue weighted by Crippen LogP contribution is -2.41. The molecule has 7 nitrogen and oxygen atoms in total. The van der Waals surface area contributed by atoms with E-state index >= 15 is 0 Å². The Bertz CT molecular complexity index is 1320. The third-order valence-electron chi connectivity index (χ3n) is 6.60. The average Bonchev–Trinajstić information content (AvgIpc) is 3.25. The number of hydrogen-bond donors (Lipinski definition) is 1. The lowest BCUT2D eigenvalue weighted by Gasteiger charge is -2.34. The summed E-state index contributed by atoms with van der Waals surface area (Å²) in [6.45, 7) is 12.4. The van der Waals surface area contributed by atoms with Crippen LogP contribution in [-0.2, 0) is 4.74 Å². The number of piperidine rings is 1. The Labute approximate surface area is 217 Å². The van der Waals surface area contributed by atoms with Crippen LogP contribution in [-0.4, -0.2) is 45.4 Å². The van der Waals surface area contributed by atoms with E-state index < -0.39 is 5.60 Å². The van der Waals surface area contributed by atoms with E-state index in [0.29, 0.717) is 42.7 Å². The molecule has 0 atom stereocenters. The number of nitrogens with one attached hydrogen (secondary N) is 1. The summed E-state index contributed by atoms with van der Waals surface area (Å²) in [6.07, 6.45) is 2.62. The summed E-state index contributed by atoms with van der Waals surface area (Å²) in [4.78, 5) is 27.8. The van der Waals surface area contributed by atoms with Crippen molar-refractivity contribution in [1.29, 1.82) is 0 Å². The molecular formula is C29H35FN4O3. The van der Waals surface area contributed by atoms with E-state index in [2.05, 4.69) is 16.5 Å². The maximum absolute atomic E-state index is 13.6. The minimum absolute atomic E-state index is 0.0111. The minimum atomic E-state index is -0.556. The van der Waals surface area contributed by atoms with Gasteiger partial charge in [0.2, 0.25) is 0 Å². The first-order valence-corrected chi connectivity index (χ1v) is 12.6. The Morgan fingerprint density at radius 1 is 1.03 bits per heavy atom. The maximum Gasteiger partial charge on any atom is 0.410 e. The van der Waals surface area contributed by atoms with Crippen molar-refractivity contribution < 1.29 is 18.7 Å². The first kappa shape index (κ1) is 26.4. The third-order valence-corrected chi connectivity index (χ3v) is 6.60. The summed E-state index contributed by atoms with van der Waals surface area (Å²) in [5, 5.41) is 7.58. The quantitative estimate of drug-likeness (QED) is 0.450. The van der Waals surface area contributed by atoms with E-state index in [1.165, 1.54) is 12.1 Å². The van der Waals surface area contributed by atoms with Crippen LogP contribution in [0.25, 0.3) is 5.69 Å². The van der Waals surface area contributed by atoms with E-state index in [4.69, 9.17) is 4.74 Å². The highest BCUT2D eigenvalue weighted by Crippen LogP contribution is 2.34. The SMILES string of the molecule is Cc1ccc(-n2ncc(C(=O)Nc3ccc(F)cc3C)c2C2CCN(C(=O)OC(C)(C)C)CC2)c(C)c1. The molecule has 1 aliphatic heterocycles. The lowest BCUT2D eigenvalue weighted by molar-refractivity contribution is 0.0203. The zero-order valence-electron chi connectivity index (χ0n) is 22.4. The molecule has 0 saturated carbocycles. The second-order valence-corrected chi connectivity index (χ2v) is 10.8. The highest BCUT2D eigenvalue weighted by molar-refractivity contribution is 6.05. The first-order valence-electron chi connectivity index (χ1n) is 12.6. The molecule has 1 fully saturated rings. The van der Waals surface area contributed by atoms with E-state index in [9.17, 15) is 14.0 Å². The number of hydrogen-bond acceptors (Lipinski definition) is 4. The third kappa shape index (κ3) is 6.01. The van der Waals surface area contributed by atoms with Crippen LogP contribution in [0.3, 0.4) is 0 Å². The normalized spacial score (nSPS) is 14.5. The number of aryl methyl sites for hydroxylation is 3. The van der Waals surface area contributed by atoms with Gasteiger partial charge in [-0.2, -0.15) is 5.10 Å². The summed E-state index contributed by atoms with van der Waals surface area (Å²) < 4.78 is 21.0. The summed E-state index contributed by atoms with van der Waals surface area (Å²) in [5.74, 6) is -0.636. The lowest BCUT2D eigenvalue weighted by atomic mass is 9.90. The zero-order chi connectivity index (χ0) is 26.9. The molecule has 1 N–H and O–H groups in total. The number of likely N-dealkylation sites (tertiary alicyclic amines) is 1. The van der Waals surface area contributed by atoms with Gasteiger partial charge in [-0.25, -0.2) is 13.9 Å². The van der Waals surface area contributed by atoms with Crippen molar-refractivity contribution >= 4 is 17.7 Å². The van der Waals surface area contributed by atoms with Crippen molar-refractivity contribution in [2.24, 2.45) is 0 Å². The van der Waals surface area contributed by atoms with Gasteiger partial charge in [-0.1, -0.05) is 17.7 Å². The van der Waals surface area contributed by atoms with Crippen LogP contribution in [0.1, 0.15) is 72.3 Å². The molecular weight excluding hydrogens is 471 g/mol. The fourth-order valence-electron chi connectivity index (χ4n) is 4.78. The van der Waals surface area contributed by atoms with E-state index in [1.54, 1.807) is 24.1 Å². The Morgan fingerprint density at radius 2 is 1.73 bits per heavy atom. The van der Waals surface area contributed by atoms with Crippen LogP contribution in [0.5, 0.6) is 0 Å². The van der Waals surface area contributed by atoms with Gasteiger partial charge in [0.25, 0.3) is 5.91 Å². The number of aromatic nitrogens is 2. The Kier molecular flexibility index (Phi) is 7.39. The van der Waals surface area contributed by atoms with Crippen LogP contribution in [0.15, 0.2) is 42.6 Å². The number of amides is 2. The summed E-state index contributed by atoms with van der Waals surface area (Å²) in [5.41, 5.74) is 5.03. The number of halogens is 1. The highest BCUT2D eigenvalue weighted by Gasteiger charge is 2.32. The van der Waals surface area contributed by atoms with Crippen molar-refractivity contribution in [3.05, 3.63) is 76.4 Å². The van der Waals surface area contributed by atoms with Crippen LogP contribution >= 0.6 is 0 Å². The second kappa shape index (κ2) is 10.4. The van der Waals surface area contributed by atoms with E-state index in [0.717, 1.165) is 22.5 Å². The summed E-state index contributed by atoms with van der Waals surface area (Å²) >= 11 is 0. The molecule has 0 unspecified atom stereocenters. The monoisotopic (exact) mass is 506 g/mol. The van der Waals surface area contributed by atoms with Gasteiger partial charge in [0.15, 0.2) is 0 Å². The van der Waals surface area contributed by atoms with Crippen LogP contribution < -0.4 is 5.32 Å². The van der Waals surface area contributed by atoms with Crippen molar-refractivity contribution in [1.82, 2.24) is 14.7 Å². The molecule has 1 aromatic heterocycles. The molecule has 0 bridgehead atoms. The van der Waals surface area contributed by atoms with Gasteiger partial charge in [0.05, 0.1) is 23.1 Å². The molecule has 0 radical (unpaired) electrons. The van der Waals surface area contributed by atoms with Crippen LogP contribution in [0.4, 0.5) is 14.9 Å². The van der Waals surface area contributed by atoms with E-state index in [1.807, 2.05) is 51.4 Å². The largest absolute Gasteiger partial charge is 0.444 e. The smallest absolute Gasteiger partial charge is 0.410 e. The molecule has 2 heterocycles. The van der Waals surface area contributed by atoms with Gasteiger partial charge in [0.1, 0.15) is 11.4 Å². The highest BCUT2D eigenvalue weighted by atomic mass is 19.1. The van der Waals surface area contributed by atoms with Crippen molar-refractivity contribution in [2.75, 3.05) is 18.4 Å². The predicted molar refractivity (Wildman–Crippen MR) is 142 cm³/mol. The molecule has 3 aromatic rings. The van der Waals surface area contributed by atoms with Gasteiger partial charge in [0, 0.05) is 24.7 Å². The van der Waals surface area contributed by atoms with Crippen LogP contribution in [0.2, 0.25) is 0 Å². The van der Waals surface area contributed by atoms with Gasteiger partial charge < -0.3 is 15.0 Å². The fourth-order valence-corrected chi connectivity index (χ4v) is 4.78. The number of rotatable bonds is 4. The number of anilines is 1. The minimum Gasteiger partial charge on any atom is -0.444 e. The van der Waals surface area contributed by atoms with Crippen molar-refractivity contribution in [3.8, 4) is 5.69 Å². The number of ether oxygens (including phenoxy) is 1. The number of benzene rings is 2. The summed E-state index contributed by atoms with van der Waals surface area (Å²) in [7, 11) is 0. The number of carbonyl (C=O) groups is 2. The molecule has 8 heteroatoms. The number of nitrogens with zero attached hydrogens (tertiary/aromatic N) is 3. The molecule has 2 amide bonds. The van der Waals surface area contributed by atoms with Crippen molar-refractivity contribution in [3.63, 3.8) is 0 Å². The predicted octanol–water partition coefficient (Wildman–Crippen LogP) is 6.30. The average molecular weight is 507 g/mol. The second-order valence-electron chi connectivity index (χ2n) is 10.8. The molecule has 2 aromatic carbocycles. The molecule has 4 rings (SSSR count). The molecule has 1 saturated heterocycles. The standard InChI is InChI=1S/C29H35FN4O3/c1-18-7-10-25(20(3)15-18)34-26(21-11-13-33(14-12-21)28(36)37-29(4,5)6)23(17-31-34)27(35)32-24-9-8-22(30)16-19(24)2/h7-10,15-17,21H,11-14H2,1-6H3,(H,32,35). The Balaban J connectivity index is 1.66. The van der Waals surface area contributed by atoms with Crippen molar-refractivity contribution in [2.45, 2.75) is 65.9 Å². The molecule has 0 spiro atoms. The molecule has 0 aliphatic carbocycles. The Hall–Kier alpha value is -3.68. The van der Waals surface area contributed by atoms with E-state index in [-0.39, 0.29) is 23.7 Å². The summed E-state index contributed by atoms with van der Waals surface area (Å²) in [6, 6.07) is 10.4. The van der Waals surface area contributed by atoms with Gasteiger partial charge in [-0.05, 0) is 89.8 Å². The van der Waals surface area contributed by atoms with Crippen LogP contribution in [0, 0.1) is 26.6 Å². The fraction of sp³-hybridized carbons (Fsp3) is 0.414. The first-order chi connectivity index (χ1) is 17.4. The molecule has 37 heavy (non-hydrogen) atoms. The number of carbonyl (C=O) groups excluding carboxylic acids is 2. The zero-order valence-corrected chi connectivity index (χ0v) is 22.4. The topological polar surface area (TPSA) is 76.5 Å². The van der Waals surface area contributed by atoms with Gasteiger partial charge in [-0.15, -0.1) is 0 Å². The van der Waals surface area contributed by atoms with Gasteiger partial charge in [-0.3, -0.25) is 4.79 Å².